The van der Waals surface area contributed by atoms with Crippen molar-refractivity contribution >= 4 is 0 Å². The van der Waals surface area contributed by atoms with Crippen LogP contribution < -0.4 is 0 Å². The summed E-state index contributed by atoms with van der Waals surface area (Å²) in [5.41, 5.74) is -1.38. The molecule has 0 bridgehead atoms. The number of hydrogen-bond acceptors (Lipinski definition) is 7. The second kappa shape index (κ2) is 11.4. The third kappa shape index (κ3) is 5.23. The lowest BCUT2D eigenvalue weighted by Gasteiger charge is -2.59. The zero-order valence-electron chi connectivity index (χ0n) is 28.9. The van der Waals surface area contributed by atoms with Crippen molar-refractivity contribution in [3.05, 3.63) is 65.2 Å². The molecule has 4 fully saturated rings. The van der Waals surface area contributed by atoms with Gasteiger partial charge in [-0.05, 0) is 83.1 Å². The maximum atomic E-state index is 15.5. The number of hydrogen-bond donors (Lipinski definition) is 3. The van der Waals surface area contributed by atoms with Gasteiger partial charge in [-0.1, -0.05) is 74.9 Å². The number of halogens is 5. The van der Waals surface area contributed by atoms with Gasteiger partial charge in [-0.2, -0.15) is 22.0 Å². The molecule has 2 heterocycles. The van der Waals surface area contributed by atoms with E-state index in [1.54, 1.807) is 0 Å². The first-order chi connectivity index (χ1) is 23.9. The molecule has 13 heteroatoms. The van der Waals surface area contributed by atoms with Crippen molar-refractivity contribution in [1.82, 2.24) is 20.6 Å². The SMILES string of the molecule is CC1(C)COC2(CCC3=C4C(CCC3(O)C2)C2CC[C@@](O)(C(F)(F)C(F)(F)F)[C@@]2(C)C[C@@H]4c2ccc(-c3ccc(-c4nnn[nH]4)cc3)cc2)OC1. The monoisotopic (exact) mass is 714 g/mol. The van der Waals surface area contributed by atoms with Crippen LogP contribution in [0.1, 0.15) is 83.6 Å². The Hall–Kier alpha value is -3.26. The topological polar surface area (TPSA) is 113 Å². The average Bonchev–Trinajstić information content (AvgIpc) is 3.72. The summed E-state index contributed by atoms with van der Waals surface area (Å²) in [5.74, 6) is -7.30. The van der Waals surface area contributed by atoms with Crippen LogP contribution in [0.25, 0.3) is 22.5 Å². The second-order valence-electron chi connectivity index (χ2n) is 16.6. The van der Waals surface area contributed by atoms with E-state index in [9.17, 15) is 23.4 Å². The van der Waals surface area contributed by atoms with Gasteiger partial charge in [0.05, 0.1) is 18.8 Å². The maximum absolute atomic E-state index is 15.5. The molecule has 1 saturated heterocycles. The Balaban J connectivity index is 1.19. The van der Waals surface area contributed by atoms with E-state index < -0.39 is 52.8 Å². The van der Waals surface area contributed by atoms with Crippen molar-refractivity contribution in [2.45, 2.75) is 107 Å². The van der Waals surface area contributed by atoms with Gasteiger partial charge < -0.3 is 19.7 Å². The zero-order chi connectivity index (χ0) is 36.2. The molecule has 3 saturated carbocycles. The number of aromatic amines is 1. The van der Waals surface area contributed by atoms with Gasteiger partial charge in [-0.25, -0.2) is 5.10 Å². The Morgan fingerprint density at radius 3 is 2.06 bits per heavy atom. The third-order valence-electron chi connectivity index (χ3n) is 13.0. The van der Waals surface area contributed by atoms with Gasteiger partial charge in [0.1, 0.15) is 5.60 Å². The highest BCUT2D eigenvalue weighted by molar-refractivity contribution is 5.68. The van der Waals surface area contributed by atoms with Crippen molar-refractivity contribution in [2.75, 3.05) is 13.2 Å². The largest absolute Gasteiger partial charge is 0.456 e. The van der Waals surface area contributed by atoms with E-state index in [0.717, 1.165) is 33.4 Å². The number of aliphatic hydroxyl groups is 2. The molecule has 3 aromatic rings. The Morgan fingerprint density at radius 1 is 0.824 bits per heavy atom. The summed E-state index contributed by atoms with van der Waals surface area (Å²) in [7, 11) is 0. The van der Waals surface area contributed by atoms with Crippen molar-refractivity contribution in [2.24, 2.45) is 22.7 Å². The third-order valence-corrected chi connectivity index (χ3v) is 13.0. The van der Waals surface area contributed by atoms with Crippen LogP contribution in [0.5, 0.6) is 0 Å². The molecule has 1 spiro atoms. The Kier molecular flexibility index (Phi) is 7.76. The summed E-state index contributed by atoms with van der Waals surface area (Å²) in [6.45, 7) is 6.52. The minimum Gasteiger partial charge on any atom is -0.385 e. The molecular weight excluding hydrogens is 671 g/mol. The van der Waals surface area contributed by atoms with Crippen LogP contribution in [0.3, 0.4) is 0 Å². The van der Waals surface area contributed by atoms with E-state index in [2.05, 4.69) is 34.5 Å². The molecule has 5 aliphatic rings. The molecule has 4 aliphatic carbocycles. The average molecular weight is 715 g/mol. The normalized spacial score (nSPS) is 34.6. The van der Waals surface area contributed by atoms with Crippen molar-refractivity contribution in [3.8, 4) is 22.5 Å². The number of alkyl halides is 5. The highest BCUT2D eigenvalue weighted by atomic mass is 19.4. The Bertz CT molecular complexity index is 1820. The maximum Gasteiger partial charge on any atom is 0.456 e. The number of allylic oxidation sites excluding steroid dienone is 1. The van der Waals surface area contributed by atoms with E-state index in [-0.39, 0.29) is 30.6 Å². The summed E-state index contributed by atoms with van der Waals surface area (Å²) < 4.78 is 85.6. The molecule has 1 aliphatic heterocycles. The molecule has 51 heavy (non-hydrogen) atoms. The second-order valence-corrected chi connectivity index (χ2v) is 16.6. The van der Waals surface area contributed by atoms with Crippen LogP contribution in [0, 0.1) is 22.7 Å². The lowest BCUT2D eigenvalue weighted by molar-refractivity contribution is -0.362. The van der Waals surface area contributed by atoms with E-state index in [1.165, 1.54) is 6.92 Å². The van der Waals surface area contributed by atoms with Crippen molar-refractivity contribution in [3.63, 3.8) is 0 Å². The number of nitrogens with zero attached hydrogens (tertiary/aromatic N) is 3. The molecule has 274 valence electrons. The predicted octanol–water partition coefficient (Wildman–Crippen LogP) is 7.76. The molecule has 3 unspecified atom stereocenters. The smallest absolute Gasteiger partial charge is 0.385 e. The number of aromatic nitrogens is 4. The van der Waals surface area contributed by atoms with E-state index in [4.69, 9.17) is 9.47 Å². The molecule has 2 aromatic carbocycles. The number of fused-ring (bicyclic) bond motifs is 4. The van der Waals surface area contributed by atoms with Gasteiger partial charge in [0, 0.05) is 35.2 Å². The molecule has 3 N–H and O–H groups in total. The number of rotatable bonds is 4. The first-order valence-corrected chi connectivity index (χ1v) is 17.8. The van der Waals surface area contributed by atoms with E-state index in [0.29, 0.717) is 44.7 Å². The lowest BCUT2D eigenvalue weighted by atomic mass is 9.49. The van der Waals surface area contributed by atoms with Crippen molar-refractivity contribution in [1.29, 1.82) is 0 Å². The quantitative estimate of drug-likeness (QED) is 0.187. The van der Waals surface area contributed by atoms with Crippen LogP contribution in [0.2, 0.25) is 0 Å². The fraction of sp³-hybridized carbons (Fsp3) is 0.605. The standard InChI is InChI=1S/C38H43F5N4O4/c1-32(2)20-50-35(51-21-32)16-13-29-30-26(12-15-34(29,48)19-35)28-14-17-36(49,37(39,40)38(41,42)43)33(28,3)18-27(30)24-8-4-22(5-9-24)23-6-10-25(11-7-23)31-44-46-47-45-31/h4-11,26-28,48-49H,12-21H2,1-3H3,(H,44,45,46,47)/t26?,27-,28?,33+,34?,36+/m1/s1. The molecule has 0 radical (unpaired) electrons. The summed E-state index contributed by atoms with van der Waals surface area (Å²) >= 11 is 0. The summed E-state index contributed by atoms with van der Waals surface area (Å²) in [5, 5.41) is 38.0. The zero-order valence-corrected chi connectivity index (χ0v) is 28.9. The number of tetrazole rings is 1. The predicted molar refractivity (Wildman–Crippen MR) is 176 cm³/mol. The van der Waals surface area contributed by atoms with Crippen LogP contribution in [0.4, 0.5) is 22.0 Å². The van der Waals surface area contributed by atoms with Gasteiger partial charge >= 0.3 is 12.1 Å². The summed E-state index contributed by atoms with van der Waals surface area (Å²) in [4.78, 5) is 0. The Labute approximate surface area is 292 Å². The van der Waals surface area contributed by atoms with Crippen LogP contribution in [-0.2, 0) is 9.47 Å². The van der Waals surface area contributed by atoms with Gasteiger partial charge in [-0.3, -0.25) is 0 Å². The van der Waals surface area contributed by atoms with Gasteiger partial charge in [0.25, 0.3) is 0 Å². The van der Waals surface area contributed by atoms with Gasteiger partial charge in [0.15, 0.2) is 11.6 Å². The first kappa shape index (κ1) is 34.8. The van der Waals surface area contributed by atoms with E-state index >= 15 is 8.78 Å². The fourth-order valence-electron chi connectivity index (χ4n) is 10.3. The Morgan fingerprint density at radius 2 is 1.45 bits per heavy atom. The molecule has 1 aromatic heterocycles. The molecule has 0 amide bonds. The van der Waals surface area contributed by atoms with Crippen LogP contribution in [0.15, 0.2) is 59.7 Å². The molecular formula is C38H43F5N4O4. The number of benzene rings is 2. The van der Waals surface area contributed by atoms with Gasteiger partial charge in [-0.15, -0.1) is 5.10 Å². The molecule has 6 atom stereocenters. The van der Waals surface area contributed by atoms with Crippen LogP contribution >= 0.6 is 0 Å². The summed E-state index contributed by atoms with van der Waals surface area (Å²) in [6, 6.07) is 15.2. The molecule has 8 nitrogen and oxygen atoms in total. The summed E-state index contributed by atoms with van der Waals surface area (Å²) in [6.07, 6.45) is -4.76. The highest BCUT2D eigenvalue weighted by Crippen LogP contribution is 2.71. The van der Waals surface area contributed by atoms with E-state index in [1.807, 2.05) is 48.5 Å². The highest BCUT2D eigenvalue weighted by Gasteiger charge is 2.79. The number of ether oxygens (including phenoxy) is 2. The molecule has 8 rings (SSSR count). The number of H-pyrrole nitrogens is 1. The minimum absolute atomic E-state index is 0.0373. The minimum atomic E-state index is -5.91. The van der Waals surface area contributed by atoms with Crippen LogP contribution in [-0.4, -0.2) is 73.1 Å². The van der Waals surface area contributed by atoms with Crippen molar-refractivity contribution < 1.29 is 41.6 Å². The van der Waals surface area contributed by atoms with Gasteiger partial charge in [0.2, 0.25) is 0 Å². The number of nitrogens with one attached hydrogen (secondary N) is 1. The fourth-order valence-corrected chi connectivity index (χ4v) is 10.3. The lowest BCUT2D eigenvalue weighted by Crippen LogP contribution is -2.65. The first-order valence-electron chi connectivity index (χ1n) is 17.8.